The van der Waals surface area contributed by atoms with Gasteiger partial charge < -0.3 is 9.64 Å². The maximum atomic E-state index is 12.0. The van der Waals surface area contributed by atoms with Crippen molar-refractivity contribution in [3.8, 4) is 0 Å². The minimum absolute atomic E-state index is 0.0516. The van der Waals surface area contributed by atoms with Gasteiger partial charge in [-0.3, -0.25) is 4.79 Å². The molecule has 0 aliphatic carbocycles. The van der Waals surface area contributed by atoms with Gasteiger partial charge in [-0.25, -0.2) is 0 Å². The minimum atomic E-state index is -0.0770. The molecule has 1 aromatic carbocycles. The number of carbonyl (C=O) groups excluding carboxylic acids is 1. The van der Waals surface area contributed by atoms with Crippen molar-refractivity contribution >= 4 is 21.9 Å². The number of ether oxygens (including phenoxy) is 1. The molecule has 0 bridgehead atoms. The maximum absolute atomic E-state index is 12.0. The number of nitrogens with zero attached hydrogens (tertiary/aromatic N) is 1. The molecule has 0 saturated carbocycles. The molecule has 18 heavy (non-hydrogen) atoms. The Labute approximate surface area is 116 Å². The van der Waals surface area contributed by atoms with Crippen molar-refractivity contribution in [1.29, 1.82) is 0 Å². The average Bonchev–Trinajstić information content (AvgIpc) is 2.72. The first-order chi connectivity index (χ1) is 8.61. The Balaban J connectivity index is 2.21. The molecule has 1 saturated heterocycles. The molecule has 0 spiro atoms. The van der Waals surface area contributed by atoms with Crippen LogP contribution < -0.4 is 0 Å². The summed E-state index contributed by atoms with van der Waals surface area (Å²) in [7, 11) is 2.05. The summed E-state index contributed by atoms with van der Waals surface area (Å²) in [5.41, 5.74) is 1.20. The molecule has 0 aromatic heterocycles. The van der Waals surface area contributed by atoms with Crippen molar-refractivity contribution < 1.29 is 9.53 Å². The molecule has 1 fully saturated rings. The van der Waals surface area contributed by atoms with Crippen LogP contribution in [0, 0.1) is 5.92 Å². The van der Waals surface area contributed by atoms with Gasteiger partial charge in [-0.15, -0.1) is 0 Å². The van der Waals surface area contributed by atoms with Crippen molar-refractivity contribution in [2.24, 2.45) is 5.92 Å². The molecular formula is C14H18BrNO2. The highest BCUT2D eigenvalue weighted by Crippen LogP contribution is 2.33. The lowest BCUT2D eigenvalue weighted by atomic mass is 9.89. The Hall–Kier alpha value is -0.870. The summed E-state index contributed by atoms with van der Waals surface area (Å²) >= 11 is 3.48. The van der Waals surface area contributed by atoms with Gasteiger partial charge in [-0.05, 0) is 31.7 Å². The van der Waals surface area contributed by atoms with Crippen molar-refractivity contribution in [2.75, 3.05) is 26.7 Å². The van der Waals surface area contributed by atoms with E-state index in [2.05, 4.69) is 33.0 Å². The number of halogens is 1. The van der Waals surface area contributed by atoms with Gasteiger partial charge in [0.25, 0.3) is 0 Å². The third-order valence-corrected chi connectivity index (χ3v) is 3.86. The summed E-state index contributed by atoms with van der Waals surface area (Å²) in [5, 5.41) is 0. The summed E-state index contributed by atoms with van der Waals surface area (Å²) in [4.78, 5) is 14.2. The van der Waals surface area contributed by atoms with Gasteiger partial charge in [0.2, 0.25) is 0 Å². The number of likely N-dealkylation sites (N-methyl/N-ethyl adjacent to an activating group) is 1. The molecule has 1 aromatic rings. The second kappa shape index (κ2) is 5.85. The molecule has 1 aliphatic heterocycles. The highest BCUT2D eigenvalue weighted by Gasteiger charge is 2.37. The van der Waals surface area contributed by atoms with Crippen LogP contribution in [0.5, 0.6) is 0 Å². The summed E-state index contributed by atoms with van der Waals surface area (Å²) in [6.07, 6.45) is 0. The third kappa shape index (κ3) is 2.93. The van der Waals surface area contributed by atoms with Crippen LogP contribution in [0.2, 0.25) is 0 Å². The van der Waals surface area contributed by atoms with Crippen LogP contribution in [0.3, 0.4) is 0 Å². The van der Waals surface area contributed by atoms with Gasteiger partial charge in [-0.1, -0.05) is 28.1 Å². The van der Waals surface area contributed by atoms with Gasteiger partial charge in [0.1, 0.15) is 0 Å². The van der Waals surface area contributed by atoms with Gasteiger partial charge in [0.05, 0.1) is 12.5 Å². The fourth-order valence-electron chi connectivity index (χ4n) is 2.56. The zero-order chi connectivity index (χ0) is 13.1. The van der Waals surface area contributed by atoms with E-state index in [0.717, 1.165) is 17.6 Å². The van der Waals surface area contributed by atoms with Gasteiger partial charge in [0.15, 0.2) is 0 Å². The zero-order valence-corrected chi connectivity index (χ0v) is 12.3. The normalized spacial score (nSPS) is 24.2. The predicted octanol–water partition coefficient (Wildman–Crippen LogP) is 2.66. The summed E-state index contributed by atoms with van der Waals surface area (Å²) in [6.45, 7) is 3.98. The van der Waals surface area contributed by atoms with E-state index in [9.17, 15) is 4.79 Å². The lowest BCUT2D eigenvalue weighted by molar-refractivity contribution is -0.147. The van der Waals surface area contributed by atoms with E-state index in [-0.39, 0.29) is 17.8 Å². The van der Waals surface area contributed by atoms with Crippen molar-refractivity contribution in [1.82, 2.24) is 4.90 Å². The lowest BCUT2D eigenvalue weighted by Gasteiger charge is -2.17. The number of hydrogen-bond donors (Lipinski definition) is 0. The van der Waals surface area contributed by atoms with Crippen LogP contribution in [0.25, 0.3) is 0 Å². The molecule has 0 radical (unpaired) electrons. The number of carbonyl (C=O) groups is 1. The number of likely N-dealkylation sites (tertiary alicyclic amines) is 1. The number of rotatable bonds is 3. The molecule has 2 unspecified atom stereocenters. The zero-order valence-electron chi connectivity index (χ0n) is 10.7. The average molecular weight is 312 g/mol. The van der Waals surface area contributed by atoms with Crippen LogP contribution in [0.1, 0.15) is 18.4 Å². The fraction of sp³-hybridized carbons (Fsp3) is 0.500. The number of benzene rings is 1. The van der Waals surface area contributed by atoms with E-state index in [4.69, 9.17) is 4.74 Å². The first kappa shape index (κ1) is 13.6. The molecule has 0 N–H and O–H groups in total. The highest BCUT2D eigenvalue weighted by molar-refractivity contribution is 9.10. The van der Waals surface area contributed by atoms with Crippen LogP contribution in [-0.4, -0.2) is 37.6 Å². The molecule has 0 amide bonds. The van der Waals surface area contributed by atoms with Gasteiger partial charge >= 0.3 is 5.97 Å². The molecule has 2 rings (SSSR count). The number of esters is 1. The molecule has 2 atom stereocenters. The Kier molecular flexibility index (Phi) is 4.40. The molecule has 1 heterocycles. The highest BCUT2D eigenvalue weighted by atomic mass is 79.9. The van der Waals surface area contributed by atoms with Crippen LogP contribution >= 0.6 is 15.9 Å². The Bertz CT molecular complexity index is 436. The quantitative estimate of drug-likeness (QED) is 0.804. The molecule has 1 aliphatic rings. The third-order valence-electron chi connectivity index (χ3n) is 3.37. The van der Waals surface area contributed by atoms with E-state index in [1.807, 2.05) is 26.1 Å². The summed E-state index contributed by atoms with van der Waals surface area (Å²) in [5.74, 6) is 0.0997. The second-order valence-electron chi connectivity index (χ2n) is 4.74. The standard InChI is InChI=1S/C14H18BrNO2/c1-3-18-14(17)13-9-16(2)8-12(13)10-5-4-6-11(15)7-10/h4-7,12-13H,3,8-9H2,1-2H3. The fourth-order valence-corrected chi connectivity index (χ4v) is 2.98. The predicted molar refractivity (Wildman–Crippen MR) is 74.5 cm³/mol. The van der Waals surface area contributed by atoms with Crippen molar-refractivity contribution in [3.63, 3.8) is 0 Å². The first-order valence-corrected chi connectivity index (χ1v) is 7.01. The van der Waals surface area contributed by atoms with E-state index >= 15 is 0 Å². The van der Waals surface area contributed by atoms with Gasteiger partial charge in [0, 0.05) is 23.5 Å². The Morgan fingerprint density at radius 2 is 2.28 bits per heavy atom. The first-order valence-electron chi connectivity index (χ1n) is 6.22. The van der Waals surface area contributed by atoms with Crippen LogP contribution in [0.4, 0.5) is 0 Å². The number of hydrogen-bond acceptors (Lipinski definition) is 3. The SMILES string of the molecule is CCOC(=O)C1CN(C)CC1c1cccc(Br)c1. The van der Waals surface area contributed by atoms with Crippen LogP contribution in [0.15, 0.2) is 28.7 Å². The molecule has 3 nitrogen and oxygen atoms in total. The largest absolute Gasteiger partial charge is 0.466 e. The summed E-state index contributed by atoms with van der Waals surface area (Å²) < 4.78 is 6.23. The van der Waals surface area contributed by atoms with E-state index in [0.29, 0.717) is 6.61 Å². The van der Waals surface area contributed by atoms with Crippen LogP contribution in [-0.2, 0) is 9.53 Å². The molecule has 98 valence electrons. The van der Waals surface area contributed by atoms with E-state index in [1.165, 1.54) is 5.56 Å². The lowest BCUT2D eigenvalue weighted by Crippen LogP contribution is -2.24. The Morgan fingerprint density at radius 3 is 2.94 bits per heavy atom. The summed E-state index contributed by atoms with van der Waals surface area (Å²) in [6, 6.07) is 8.19. The van der Waals surface area contributed by atoms with E-state index in [1.54, 1.807) is 0 Å². The van der Waals surface area contributed by atoms with Crippen molar-refractivity contribution in [3.05, 3.63) is 34.3 Å². The topological polar surface area (TPSA) is 29.5 Å². The maximum Gasteiger partial charge on any atom is 0.310 e. The monoisotopic (exact) mass is 311 g/mol. The Morgan fingerprint density at radius 1 is 1.50 bits per heavy atom. The smallest absolute Gasteiger partial charge is 0.310 e. The molecular weight excluding hydrogens is 294 g/mol. The van der Waals surface area contributed by atoms with Crippen molar-refractivity contribution in [2.45, 2.75) is 12.8 Å². The second-order valence-corrected chi connectivity index (χ2v) is 5.66. The van der Waals surface area contributed by atoms with Gasteiger partial charge in [-0.2, -0.15) is 0 Å². The van der Waals surface area contributed by atoms with E-state index < -0.39 is 0 Å². The minimum Gasteiger partial charge on any atom is -0.466 e. The molecule has 4 heteroatoms.